The zero-order chi connectivity index (χ0) is 11.2. The van der Waals surface area contributed by atoms with Gasteiger partial charge >= 0.3 is 13.1 Å². The molecule has 0 spiro atoms. The monoisotopic (exact) mass is 212 g/mol. The lowest BCUT2D eigenvalue weighted by Crippen LogP contribution is -2.31. The lowest BCUT2D eigenvalue weighted by molar-refractivity contribution is -0.146. The van der Waals surface area contributed by atoms with Gasteiger partial charge in [-0.05, 0) is 30.5 Å². The van der Waals surface area contributed by atoms with E-state index < -0.39 is 24.3 Å². The maximum absolute atomic E-state index is 13.6. The number of carboxylic acid groups (broad SMARTS) is 1. The molecule has 6 heteroatoms. The first-order chi connectivity index (χ1) is 6.95. The summed E-state index contributed by atoms with van der Waals surface area (Å²) in [4.78, 5) is 10.9. The first kappa shape index (κ1) is 10.4. The molecule has 0 bridgehead atoms. The highest BCUT2D eigenvalue weighted by molar-refractivity contribution is 6.54. The van der Waals surface area contributed by atoms with Gasteiger partial charge in [0.15, 0.2) is 0 Å². The van der Waals surface area contributed by atoms with Crippen molar-refractivity contribution in [2.75, 3.05) is 6.61 Å². The minimum Gasteiger partial charge on any atom is -0.481 e. The van der Waals surface area contributed by atoms with Crippen molar-refractivity contribution in [2.45, 2.75) is 13.3 Å². The predicted octanol–water partition coefficient (Wildman–Crippen LogP) is 0.681. The zero-order valence-electron chi connectivity index (χ0n) is 8.16. The Bertz CT molecular complexity index is 390. The molecule has 0 fully saturated rings. The van der Waals surface area contributed by atoms with E-state index in [-0.39, 0.29) is 13.0 Å². The number of allylic oxidation sites excluding steroid dienone is 2. The number of hydrogen-bond donors (Lipinski definition) is 2. The SMILES string of the molecule is CC1(C(=O)O)CC2=C(C=C1F)B(O)OC2. The fourth-order valence-electron chi connectivity index (χ4n) is 1.84. The lowest BCUT2D eigenvalue weighted by atomic mass is 9.69. The first-order valence-corrected chi connectivity index (χ1v) is 4.58. The molecule has 0 saturated carbocycles. The summed E-state index contributed by atoms with van der Waals surface area (Å²) in [6.45, 7) is 1.50. The summed E-state index contributed by atoms with van der Waals surface area (Å²) < 4.78 is 18.5. The van der Waals surface area contributed by atoms with E-state index in [4.69, 9.17) is 9.76 Å². The van der Waals surface area contributed by atoms with Gasteiger partial charge in [-0.1, -0.05) is 0 Å². The molecule has 1 aliphatic heterocycles. The molecule has 0 saturated heterocycles. The molecule has 2 rings (SSSR count). The second kappa shape index (κ2) is 3.18. The van der Waals surface area contributed by atoms with Gasteiger partial charge in [0.25, 0.3) is 0 Å². The van der Waals surface area contributed by atoms with Crippen LogP contribution >= 0.6 is 0 Å². The normalized spacial score (nSPS) is 30.3. The van der Waals surface area contributed by atoms with Crippen molar-refractivity contribution in [1.82, 2.24) is 0 Å². The van der Waals surface area contributed by atoms with E-state index in [9.17, 15) is 14.2 Å². The van der Waals surface area contributed by atoms with Crippen LogP contribution in [0.3, 0.4) is 0 Å². The smallest absolute Gasteiger partial charge is 0.481 e. The second-order valence-corrected chi connectivity index (χ2v) is 4.03. The molecule has 0 aromatic heterocycles. The van der Waals surface area contributed by atoms with Gasteiger partial charge in [0.1, 0.15) is 11.2 Å². The molecule has 0 amide bonds. The minimum absolute atomic E-state index is 0.0526. The predicted molar refractivity (Wildman–Crippen MR) is 50.5 cm³/mol. The molecule has 80 valence electrons. The quantitative estimate of drug-likeness (QED) is 0.627. The maximum atomic E-state index is 13.6. The van der Waals surface area contributed by atoms with Crippen LogP contribution < -0.4 is 0 Å². The Labute approximate surface area is 86.2 Å². The minimum atomic E-state index is -1.52. The third-order valence-corrected chi connectivity index (χ3v) is 2.94. The number of hydrogen-bond acceptors (Lipinski definition) is 3. The highest BCUT2D eigenvalue weighted by Gasteiger charge is 2.45. The topological polar surface area (TPSA) is 66.8 Å². The average Bonchev–Trinajstić information content (AvgIpc) is 2.49. The number of rotatable bonds is 1. The van der Waals surface area contributed by atoms with Gasteiger partial charge < -0.3 is 14.8 Å². The Morgan fingerprint density at radius 2 is 2.40 bits per heavy atom. The molecular formula is C9H10BFO4. The van der Waals surface area contributed by atoms with Crippen molar-refractivity contribution >= 4 is 13.1 Å². The van der Waals surface area contributed by atoms with E-state index >= 15 is 0 Å². The van der Waals surface area contributed by atoms with Crippen LogP contribution in [0.2, 0.25) is 0 Å². The lowest BCUT2D eigenvalue weighted by Gasteiger charge is -2.27. The second-order valence-electron chi connectivity index (χ2n) is 4.03. The number of aliphatic carboxylic acids is 1. The van der Waals surface area contributed by atoms with Gasteiger partial charge in [-0.15, -0.1) is 0 Å². The van der Waals surface area contributed by atoms with Gasteiger partial charge in [0.2, 0.25) is 0 Å². The Morgan fingerprint density at radius 3 is 3.00 bits per heavy atom. The number of halogens is 1. The summed E-state index contributed by atoms with van der Waals surface area (Å²) in [5, 5.41) is 18.3. The van der Waals surface area contributed by atoms with Crippen LogP contribution in [0.25, 0.3) is 0 Å². The van der Waals surface area contributed by atoms with Crippen molar-refractivity contribution in [3.63, 3.8) is 0 Å². The summed E-state index contributed by atoms with van der Waals surface area (Å²) in [7, 11) is -1.12. The molecular weight excluding hydrogens is 202 g/mol. The number of carboxylic acids is 1. The summed E-state index contributed by atoms with van der Waals surface area (Å²) in [5.74, 6) is -1.94. The van der Waals surface area contributed by atoms with Gasteiger partial charge in [-0.3, -0.25) is 4.79 Å². The van der Waals surface area contributed by atoms with Crippen LogP contribution in [-0.4, -0.2) is 29.8 Å². The highest BCUT2D eigenvalue weighted by Crippen LogP contribution is 2.43. The molecule has 2 N–H and O–H groups in total. The van der Waals surface area contributed by atoms with E-state index in [0.717, 1.165) is 6.08 Å². The Kier molecular flexibility index (Phi) is 2.20. The van der Waals surface area contributed by atoms with Crippen LogP contribution in [0.15, 0.2) is 22.9 Å². The molecule has 1 aliphatic carbocycles. The van der Waals surface area contributed by atoms with Crippen LogP contribution in [0.5, 0.6) is 0 Å². The fourth-order valence-corrected chi connectivity index (χ4v) is 1.84. The molecule has 1 heterocycles. The van der Waals surface area contributed by atoms with Gasteiger partial charge in [0, 0.05) is 0 Å². The highest BCUT2D eigenvalue weighted by atomic mass is 19.1. The summed E-state index contributed by atoms with van der Waals surface area (Å²) in [5.41, 5.74) is -0.494. The van der Waals surface area contributed by atoms with Gasteiger partial charge in [-0.2, -0.15) is 0 Å². The molecule has 2 aliphatic rings. The molecule has 1 atom stereocenters. The van der Waals surface area contributed by atoms with Crippen molar-refractivity contribution < 1.29 is 24.0 Å². The molecule has 4 nitrogen and oxygen atoms in total. The molecule has 1 unspecified atom stereocenters. The van der Waals surface area contributed by atoms with Crippen molar-refractivity contribution in [3.05, 3.63) is 22.9 Å². The first-order valence-electron chi connectivity index (χ1n) is 4.58. The van der Waals surface area contributed by atoms with E-state index in [1.165, 1.54) is 6.92 Å². The largest absolute Gasteiger partial charge is 0.491 e. The molecule has 0 radical (unpaired) electrons. The van der Waals surface area contributed by atoms with Gasteiger partial charge in [0.05, 0.1) is 6.61 Å². The summed E-state index contributed by atoms with van der Waals surface area (Å²) >= 11 is 0. The summed E-state index contributed by atoms with van der Waals surface area (Å²) in [6, 6.07) is 0. The Morgan fingerprint density at radius 1 is 1.73 bits per heavy atom. The van der Waals surface area contributed by atoms with Gasteiger partial charge in [-0.25, -0.2) is 4.39 Å². The van der Waals surface area contributed by atoms with E-state index in [0.29, 0.717) is 11.0 Å². The van der Waals surface area contributed by atoms with E-state index in [1.807, 2.05) is 0 Å². The van der Waals surface area contributed by atoms with E-state index in [2.05, 4.69) is 0 Å². The average molecular weight is 212 g/mol. The molecule has 0 aromatic rings. The maximum Gasteiger partial charge on any atom is 0.491 e. The molecule has 15 heavy (non-hydrogen) atoms. The van der Waals surface area contributed by atoms with Crippen molar-refractivity contribution in [2.24, 2.45) is 5.41 Å². The third kappa shape index (κ3) is 1.41. The Balaban J connectivity index is 2.39. The summed E-state index contributed by atoms with van der Waals surface area (Å²) in [6.07, 6.45) is 1.13. The van der Waals surface area contributed by atoms with Crippen LogP contribution in [-0.2, 0) is 9.45 Å². The van der Waals surface area contributed by atoms with E-state index in [1.54, 1.807) is 0 Å². The third-order valence-electron chi connectivity index (χ3n) is 2.94. The van der Waals surface area contributed by atoms with Crippen LogP contribution in [0.4, 0.5) is 4.39 Å². The zero-order valence-corrected chi connectivity index (χ0v) is 8.16. The molecule has 0 aromatic carbocycles. The van der Waals surface area contributed by atoms with Crippen molar-refractivity contribution in [3.8, 4) is 0 Å². The Hall–Kier alpha value is -1.14. The van der Waals surface area contributed by atoms with Crippen LogP contribution in [0, 0.1) is 5.41 Å². The number of carbonyl (C=O) groups is 1. The standard InChI is InChI=1S/C9H10BFO4/c1-9(8(12)13)3-5-4-15-10(14)6(5)2-7(9)11/h2,14H,3-4H2,1H3,(H,12,13). The van der Waals surface area contributed by atoms with Crippen molar-refractivity contribution in [1.29, 1.82) is 0 Å². The fraction of sp³-hybridized carbons (Fsp3) is 0.444. The van der Waals surface area contributed by atoms with Crippen LogP contribution in [0.1, 0.15) is 13.3 Å².